The molecule has 0 fully saturated rings. The first-order valence-corrected chi connectivity index (χ1v) is 7.17. The number of nitrogens with zero attached hydrogens (tertiary/aromatic N) is 1. The van der Waals surface area contributed by atoms with Crippen LogP contribution in [0.5, 0.6) is 0 Å². The van der Waals surface area contributed by atoms with Gasteiger partial charge in [0.2, 0.25) is 0 Å². The minimum atomic E-state index is -0.0707. The third kappa shape index (κ3) is 3.36. The molecule has 1 atom stereocenters. The average molecular weight is 331 g/mol. The van der Waals surface area contributed by atoms with Crippen LogP contribution in [-0.2, 0) is 6.42 Å². The zero-order valence-corrected chi connectivity index (χ0v) is 13.1. The lowest BCUT2D eigenvalue weighted by atomic mass is 9.99. The van der Waals surface area contributed by atoms with Gasteiger partial charge in [0.25, 0.3) is 0 Å². The average Bonchev–Trinajstić information content (AvgIpc) is 2.42. The molecule has 6 heteroatoms. The molecule has 0 aliphatic rings. The molecule has 1 aromatic heterocycles. The van der Waals surface area contributed by atoms with Gasteiger partial charge in [0, 0.05) is 27.8 Å². The number of hydrogen-bond acceptors (Lipinski definition) is 3. The highest BCUT2D eigenvalue weighted by Crippen LogP contribution is 2.31. The van der Waals surface area contributed by atoms with Crippen LogP contribution in [0.25, 0.3) is 0 Å². The molecule has 1 unspecified atom stereocenters. The van der Waals surface area contributed by atoms with Crippen molar-refractivity contribution in [2.24, 2.45) is 0 Å². The molecule has 20 heavy (non-hydrogen) atoms. The summed E-state index contributed by atoms with van der Waals surface area (Å²) in [5, 5.41) is 5.00. The predicted molar refractivity (Wildman–Crippen MR) is 85.6 cm³/mol. The first kappa shape index (κ1) is 15.4. The molecule has 0 bridgehead atoms. The van der Waals surface area contributed by atoms with Crippen LogP contribution < -0.4 is 11.1 Å². The highest BCUT2D eigenvalue weighted by Gasteiger charge is 2.17. The monoisotopic (exact) mass is 329 g/mol. The van der Waals surface area contributed by atoms with E-state index in [9.17, 15) is 0 Å². The number of likely N-dealkylation sites (N-methyl/N-ethyl adjacent to an activating group) is 1. The zero-order chi connectivity index (χ0) is 14.7. The molecule has 0 spiro atoms. The summed E-state index contributed by atoms with van der Waals surface area (Å²) in [4.78, 5) is 4.07. The van der Waals surface area contributed by atoms with Gasteiger partial charge in [0.15, 0.2) is 0 Å². The lowest BCUT2D eigenvalue weighted by Crippen LogP contribution is -2.21. The van der Waals surface area contributed by atoms with Crippen molar-refractivity contribution in [3.63, 3.8) is 0 Å². The summed E-state index contributed by atoms with van der Waals surface area (Å²) < 4.78 is 0. The number of aromatic nitrogens is 1. The number of nitrogens with two attached hydrogens (primary N) is 1. The number of pyridine rings is 1. The van der Waals surface area contributed by atoms with Crippen LogP contribution in [0, 0.1) is 0 Å². The van der Waals surface area contributed by atoms with Gasteiger partial charge < -0.3 is 11.1 Å². The second kappa shape index (κ2) is 6.64. The predicted octanol–water partition coefficient (Wildman–Crippen LogP) is 4.13. The third-order valence-electron chi connectivity index (χ3n) is 3.11. The molecule has 3 N–H and O–H groups in total. The lowest BCUT2D eigenvalue weighted by molar-refractivity contribution is 0.592. The summed E-state index contributed by atoms with van der Waals surface area (Å²) in [5.74, 6) is 0.442. The van der Waals surface area contributed by atoms with E-state index in [4.69, 9.17) is 40.5 Å². The van der Waals surface area contributed by atoms with E-state index < -0.39 is 0 Å². The van der Waals surface area contributed by atoms with E-state index in [1.807, 2.05) is 25.2 Å². The molecule has 0 radical (unpaired) electrons. The Labute approximate surface area is 133 Å². The Morgan fingerprint density at radius 1 is 1.25 bits per heavy atom. The molecule has 0 aliphatic heterocycles. The molecule has 0 saturated heterocycles. The fourth-order valence-corrected chi connectivity index (χ4v) is 2.76. The number of hydrogen-bond donors (Lipinski definition) is 2. The third-order valence-corrected chi connectivity index (χ3v) is 4.02. The number of anilines is 1. The van der Waals surface area contributed by atoms with E-state index >= 15 is 0 Å². The van der Waals surface area contributed by atoms with Crippen LogP contribution >= 0.6 is 34.8 Å². The van der Waals surface area contributed by atoms with Crippen LogP contribution in [0.15, 0.2) is 30.5 Å². The van der Waals surface area contributed by atoms with E-state index in [1.54, 1.807) is 6.07 Å². The van der Waals surface area contributed by atoms with Gasteiger partial charge >= 0.3 is 0 Å². The van der Waals surface area contributed by atoms with Crippen molar-refractivity contribution in [2.75, 3.05) is 12.8 Å². The van der Waals surface area contributed by atoms with Crippen molar-refractivity contribution < 1.29 is 0 Å². The second-order valence-corrected chi connectivity index (χ2v) is 5.62. The van der Waals surface area contributed by atoms with E-state index in [2.05, 4.69) is 10.3 Å². The Bertz CT molecular complexity index is 596. The fraction of sp³-hybridized carbons (Fsp3) is 0.214. The topological polar surface area (TPSA) is 50.9 Å². The van der Waals surface area contributed by atoms with Crippen LogP contribution in [0.3, 0.4) is 0 Å². The van der Waals surface area contributed by atoms with Crippen molar-refractivity contribution in [1.29, 1.82) is 0 Å². The highest BCUT2D eigenvalue weighted by atomic mass is 35.5. The highest BCUT2D eigenvalue weighted by molar-refractivity contribution is 6.36. The minimum Gasteiger partial charge on any atom is -0.383 e. The van der Waals surface area contributed by atoms with Gasteiger partial charge in [-0.15, -0.1) is 0 Å². The smallest absolute Gasteiger partial charge is 0.128 e. The number of nitrogens with one attached hydrogen (secondary N) is 1. The molecule has 2 rings (SSSR count). The van der Waals surface area contributed by atoms with Crippen LogP contribution in [0.2, 0.25) is 15.1 Å². The molecule has 0 amide bonds. The van der Waals surface area contributed by atoms with Crippen LogP contribution in [-0.4, -0.2) is 12.0 Å². The second-order valence-electron chi connectivity index (χ2n) is 4.37. The number of halogens is 3. The van der Waals surface area contributed by atoms with Gasteiger partial charge in [0.1, 0.15) is 5.82 Å². The number of nitrogen functional groups attached to an aromatic ring is 1. The van der Waals surface area contributed by atoms with Crippen molar-refractivity contribution in [3.05, 3.63) is 56.7 Å². The maximum Gasteiger partial charge on any atom is 0.128 e. The Balaban J connectivity index is 2.36. The Kier molecular flexibility index (Phi) is 5.11. The van der Waals surface area contributed by atoms with Gasteiger partial charge in [0.05, 0.1) is 5.02 Å². The van der Waals surface area contributed by atoms with Crippen LogP contribution in [0.4, 0.5) is 5.82 Å². The molecule has 2 aromatic rings. The van der Waals surface area contributed by atoms with E-state index in [0.29, 0.717) is 27.3 Å². The minimum absolute atomic E-state index is 0.0707. The lowest BCUT2D eigenvalue weighted by Gasteiger charge is -2.19. The molecule has 106 valence electrons. The largest absolute Gasteiger partial charge is 0.383 e. The van der Waals surface area contributed by atoms with E-state index in [-0.39, 0.29) is 6.04 Å². The summed E-state index contributed by atoms with van der Waals surface area (Å²) in [6.07, 6.45) is 2.12. The van der Waals surface area contributed by atoms with Crippen LogP contribution in [0.1, 0.15) is 17.2 Å². The van der Waals surface area contributed by atoms with Gasteiger partial charge in [-0.25, -0.2) is 4.98 Å². The quantitative estimate of drug-likeness (QED) is 0.886. The summed E-state index contributed by atoms with van der Waals surface area (Å²) >= 11 is 18.4. The Morgan fingerprint density at radius 3 is 2.50 bits per heavy atom. The fourth-order valence-electron chi connectivity index (χ4n) is 2.04. The first-order chi connectivity index (χ1) is 9.52. The van der Waals surface area contributed by atoms with Gasteiger partial charge in [-0.2, -0.15) is 0 Å². The Morgan fingerprint density at radius 2 is 1.90 bits per heavy atom. The molecule has 0 aliphatic carbocycles. The first-order valence-electron chi connectivity index (χ1n) is 6.04. The zero-order valence-electron chi connectivity index (χ0n) is 10.8. The van der Waals surface area contributed by atoms with E-state index in [0.717, 1.165) is 11.1 Å². The molecule has 1 heterocycles. The van der Waals surface area contributed by atoms with Gasteiger partial charge in [-0.3, -0.25) is 0 Å². The van der Waals surface area contributed by atoms with Gasteiger partial charge in [-0.1, -0.05) is 40.9 Å². The summed E-state index contributed by atoms with van der Waals surface area (Å²) in [5.41, 5.74) is 7.62. The molecular weight excluding hydrogens is 317 g/mol. The normalized spacial score (nSPS) is 12.4. The maximum absolute atomic E-state index is 6.20. The molecular formula is C14H14Cl3N3. The standard InChI is InChI=1S/C14H14Cl3N3/c1-19-13(10-5-8(15)7-20-14(10)18)6-9-11(16)3-2-4-12(9)17/h2-5,7,13,19H,6H2,1H3,(H2,18,20). The van der Waals surface area contributed by atoms with Gasteiger partial charge in [-0.05, 0) is 37.2 Å². The van der Waals surface area contributed by atoms with E-state index in [1.165, 1.54) is 6.20 Å². The molecule has 0 saturated carbocycles. The SMILES string of the molecule is CNC(Cc1c(Cl)cccc1Cl)c1cc(Cl)cnc1N. The Hall–Kier alpha value is -1.00. The van der Waals surface area contributed by atoms with Crippen molar-refractivity contribution in [1.82, 2.24) is 10.3 Å². The number of benzene rings is 1. The summed E-state index contributed by atoms with van der Waals surface area (Å²) in [7, 11) is 1.84. The summed E-state index contributed by atoms with van der Waals surface area (Å²) in [6, 6.07) is 7.18. The summed E-state index contributed by atoms with van der Waals surface area (Å²) in [6.45, 7) is 0. The van der Waals surface area contributed by atoms with Crippen molar-refractivity contribution >= 4 is 40.6 Å². The van der Waals surface area contributed by atoms with Crippen molar-refractivity contribution in [2.45, 2.75) is 12.5 Å². The molecule has 1 aromatic carbocycles. The van der Waals surface area contributed by atoms with Crippen molar-refractivity contribution in [3.8, 4) is 0 Å². The number of rotatable bonds is 4. The maximum atomic E-state index is 6.20. The molecule has 3 nitrogen and oxygen atoms in total.